The van der Waals surface area contributed by atoms with Crippen LogP contribution in [0.1, 0.15) is 60.3 Å². The van der Waals surface area contributed by atoms with Crippen LogP contribution in [-0.4, -0.2) is 51.9 Å². The Morgan fingerprint density at radius 1 is 1.28 bits per heavy atom. The van der Waals surface area contributed by atoms with E-state index in [0.29, 0.717) is 12.0 Å². The summed E-state index contributed by atoms with van der Waals surface area (Å²) in [6.07, 6.45) is 4.55. The Labute approximate surface area is 190 Å². The Balaban J connectivity index is 2.30. The number of fused-ring (bicyclic) bond motifs is 1. The lowest BCUT2D eigenvalue weighted by Crippen LogP contribution is -2.58. The predicted molar refractivity (Wildman–Crippen MR) is 120 cm³/mol. The van der Waals surface area contributed by atoms with E-state index >= 15 is 0 Å². The molecule has 3 N–H and O–H groups in total. The van der Waals surface area contributed by atoms with Crippen molar-refractivity contribution in [1.29, 1.82) is 0 Å². The largest absolute Gasteiger partial charge is 0.478 e. The third-order valence-electron chi connectivity index (χ3n) is 7.61. The van der Waals surface area contributed by atoms with E-state index in [9.17, 15) is 24.6 Å². The smallest absolute Gasteiger partial charge is 0.328 e. The molecule has 0 aromatic rings. The first-order chi connectivity index (χ1) is 15.0. The van der Waals surface area contributed by atoms with E-state index in [1.165, 1.54) is 0 Å². The number of hydrogen-bond acceptors (Lipinski definition) is 6. The van der Waals surface area contributed by atoms with E-state index in [2.05, 4.69) is 13.8 Å². The molecule has 0 bridgehead atoms. The van der Waals surface area contributed by atoms with Crippen LogP contribution in [0.15, 0.2) is 23.8 Å². The Bertz CT molecular complexity index is 770. The third-order valence-corrected chi connectivity index (χ3v) is 7.61. The minimum absolute atomic E-state index is 0.000933. The molecular formula is C25H38O7. The van der Waals surface area contributed by atoms with Crippen molar-refractivity contribution in [2.45, 2.75) is 72.5 Å². The van der Waals surface area contributed by atoms with Gasteiger partial charge < -0.3 is 20.1 Å². The van der Waals surface area contributed by atoms with Crippen LogP contribution in [0.3, 0.4) is 0 Å². The third kappa shape index (κ3) is 5.31. The second-order valence-corrected chi connectivity index (χ2v) is 9.82. The molecule has 0 saturated heterocycles. The molecule has 7 heteroatoms. The van der Waals surface area contributed by atoms with Crippen molar-refractivity contribution >= 4 is 17.7 Å². The van der Waals surface area contributed by atoms with Gasteiger partial charge in [-0.15, -0.1) is 0 Å². The van der Waals surface area contributed by atoms with Gasteiger partial charge in [-0.05, 0) is 37.0 Å². The van der Waals surface area contributed by atoms with Gasteiger partial charge in [-0.25, -0.2) is 4.79 Å². The summed E-state index contributed by atoms with van der Waals surface area (Å²) in [6, 6.07) is 0. The number of carboxylic acids is 1. The molecule has 7 nitrogen and oxygen atoms in total. The van der Waals surface area contributed by atoms with Gasteiger partial charge in [-0.1, -0.05) is 51.8 Å². The van der Waals surface area contributed by atoms with Crippen LogP contribution < -0.4 is 0 Å². The molecule has 8 atom stereocenters. The average Bonchev–Trinajstić information content (AvgIpc) is 2.70. The molecule has 0 radical (unpaired) electrons. The fourth-order valence-corrected chi connectivity index (χ4v) is 5.98. The molecular weight excluding hydrogens is 412 g/mol. The Morgan fingerprint density at radius 2 is 1.94 bits per heavy atom. The highest BCUT2D eigenvalue weighted by molar-refractivity contribution is 5.86. The van der Waals surface area contributed by atoms with Crippen LogP contribution in [0.4, 0.5) is 0 Å². The highest BCUT2D eigenvalue weighted by Crippen LogP contribution is 2.56. The van der Waals surface area contributed by atoms with Gasteiger partial charge in [0, 0.05) is 30.4 Å². The van der Waals surface area contributed by atoms with Crippen LogP contribution in [0.5, 0.6) is 0 Å². The van der Waals surface area contributed by atoms with Gasteiger partial charge in [0.1, 0.15) is 11.9 Å². The Kier molecular flexibility index (Phi) is 8.82. The second-order valence-electron chi connectivity index (χ2n) is 9.82. The number of hydrogen-bond donors (Lipinski definition) is 3. The van der Waals surface area contributed by atoms with Gasteiger partial charge >= 0.3 is 11.9 Å². The summed E-state index contributed by atoms with van der Waals surface area (Å²) in [6.45, 7) is 9.56. The Morgan fingerprint density at radius 3 is 2.50 bits per heavy atom. The number of aliphatic hydroxyl groups is 2. The highest BCUT2D eigenvalue weighted by Gasteiger charge is 2.58. The van der Waals surface area contributed by atoms with Crippen LogP contribution in [0, 0.1) is 35.0 Å². The SMILES string of the molecule is CCC(C)C1C=CC2C(O)C(OC(=O)CC(C)=CC(=O)O)CC(C)C2C1(C)C(=O)CCO. The minimum Gasteiger partial charge on any atom is -0.478 e. The zero-order valence-electron chi connectivity index (χ0n) is 19.8. The summed E-state index contributed by atoms with van der Waals surface area (Å²) >= 11 is 0. The number of carboxylic acid groups (broad SMARTS) is 1. The molecule has 0 aromatic heterocycles. The molecule has 0 spiro atoms. The lowest BCUT2D eigenvalue weighted by molar-refractivity contribution is -0.175. The molecule has 2 aliphatic carbocycles. The summed E-state index contributed by atoms with van der Waals surface area (Å²) < 4.78 is 5.57. The molecule has 1 fully saturated rings. The lowest BCUT2D eigenvalue weighted by Gasteiger charge is -2.55. The molecule has 0 aliphatic heterocycles. The van der Waals surface area contributed by atoms with Crippen molar-refractivity contribution in [1.82, 2.24) is 0 Å². The minimum atomic E-state index is -1.13. The number of rotatable bonds is 9. The summed E-state index contributed by atoms with van der Waals surface area (Å²) in [5.41, 5.74) is -0.358. The van der Waals surface area contributed by atoms with Gasteiger partial charge in [0.25, 0.3) is 0 Å². The number of aliphatic hydroxyl groups excluding tert-OH is 2. The number of ketones is 1. The monoisotopic (exact) mass is 450 g/mol. The van der Waals surface area contributed by atoms with E-state index in [-0.39, 0.29) is 54.8 Å². The maximum atomic E-state index is 13.3. The second kappa shape index (κ2) is 10.8. The van der Waals surface area contributed by atoms with E-state index in [4.69, 9.17) is 9.84 Å². The van der Waals surface area contributed by atoms with Gasteiger partial charge in [0.15, 0.2) is 0 Å². The van der Waals surface area contributed by atoms with Crippen LogP contribution in [-0.2, 0) is 19.1 Å². The zero-order chi connectivity index (χ0) is 24.2. The molecule has 32 heavy (non-hydrogen) atoms. The molecule has 1 saturated carbocycles. The number of allylic oxidation sites excluding steroid dienone is 1. The predicted octanol–water partition coefficient (Wildman–Crippen LogP) is 3.14. The van der Waals surface area contributed by atoms with Crippen molar-refractivity contribution in [3.63, 3.8) is 0 Å². The van der Waals surface area contributed by atoms with E-state index in [1.54, 1.807) is 6.92 Å². The van der Waals surface area contributed by atoms with Crippen molar-refractivity contribution in [3.05, 3.63) is 23.8 Å². The topological polar surface area (TPSA) is 121 Å². The first-order valence-corrected chi connectivity index (χ1v) is 11.6. The fourth-order valence-electron chi connectivity index (χ4n) is 5.98. The van der Waals surface area contributed by atoms with Gasteiger partial charge in [-0.3, -0.25) is 9.59 Å². The maximum absolute atomic E-state index is 13.3. The van der Waals surface area contributed by atoms with E-state index < -0.39 is 29.6 Å². The number of Topliss-reactive ketones (excluding diaryl/α,β-unsaturated/α-hetero) is 1. The summed E-state index contributed by atoms with van der Waals surface area (Å²) in [4.78, 5) is 36.4. The quantitative estimate of drug-likeness (QED) is 0.280. The first-order valence-electron chi connectivity index (χ1n) is 11.6. The number of esters is 1. The maximum Gasteiger partial charge on any atom is 0.328 e. The van der Waals surface area contributed by atoms with Gasteiger partial charge in [0.05, 0.1) is 12.5 Å². The lowest BCUT2D eigenvalue weighted by atomic mass is 9.49. The zero-order valence-corrected chi connectivity index (χ0v) is 19.8. The van der Waals surface area contributed by atoms with E-state index in [0.717, 1.165) is 12.5 Å². The fraction of sp³-hybridized carbons (Fsp3) is 0.720. The number of carbonyl (C=O) groups is 3. The normalized spacial score (nSPS) is 35.7. The van der Waals surface area contributed by atoms with Gasteiger partial charge in [0.2, 0.25) is 0 Å². The van der Waals surface area contributed by atoms with Crippen LogP contribution in [0.2, 0.25) is 0 Å². The molecule has 180 valence electrons. The molecule has 0 aromatic carbocycles. The average molecular weight is 451 g/mol. The summed E-state index contributed by atoms with van der Waals surface area (Å²) in [5.74, 6) is -1.90. The molecule has 8 unspecified atom stereocenters. The standard InChI is InChI=1S/C25H38O7/c1-6-15(3)18-8-7-17-23(25(18,5)20(27)9-10-26)16(4)13-19(24(17)31)32-22(30)12-14(2)11-21(28)29/h7-8,11,15-19,23-24,26,31H,6,9-10,12-13H2,1-5H3,(H,28,29). The molecule has 2 rings (SSSR count). The van der Waals surface area contributed by atoms with Crippen molar-refractivity contribution < 1.29 is 34.4 Å². The highest BCUT2D eigenvalue weighted by atomic mass is 16.6. The first kappa shape index (κ1) is 26.3. The van der Waals surface area contributed by atoms with Crippen LogP contribution >= 0.6 is 0 Å². The number of aliphatic carboxylic acids is 1. The Hall–Kier alpha value is -1.99. The molecule has 0 heterocycles. The summed E-state index contributed by atoms with van der Waals surface area (Å²) in [5, 5.41) is 29.4. The number of ether oxygens (including phenoxy) is 1. The van der Waals surface area contributed by atoms with Crippen molar-refractivity contribution in [2.24, 2.45) is 35.0 Å². The summed E-state index contributed by atoms with van der Waals surface area (Å²) in [7, 11) is 0. The van der Waals surface area contributed by atoms with Crippen LogP contribution in [0.25, 0.3) is 0 Å². The van der Waals surface area contributed by atoms with Crippen molar-refractivity contribution in [2.75, 3.05) is 6.61 Å². The molecule has 0 amide bonds. The molecule has 2 aliphatic rings. The van der Waals surface area contributed by atoms with Crippen molar-refractivity contribution in [3.8, 4) is 0 Å². The number of carbonyl (C=O) groups excluding carboxylic acids is 2. The van der Waals surface area contributed by atoms with E-state index in [1.807, 2.05) is 26.0 Å². The van der Waals surface area contributed by atoms with Gasteiger partial charge in [-0.2, -0.15) is 0 Å².